The highest BCUT2D eigenvalue weighted by atomic mass is 32.2. The lowest BCUT2D eigenvalue weighted by Crippen LogP contribution is -2.11. The number of aryl methyl sites for hydroxylation is 1. The van der Waals surface area contributed by atoms with Gasteiger partial charge < -0.3 is 4.52 Å². The Kier molecular flexibility index (Phi) is 4.11. The smallest absolute Gasteiger partial charge is 0.269 e. The average molecular weight is 359 g/mol. The third-order valence-electron chi connectivity index (χ3n) is 3.69. The summed E-state index contributed by atoms with van der Waals surface area (Å²) >= 11 is 0. The van der Waals surface area contributed by atoms with Crippen molar-refractivity contribution >= 4 is 15.7 Å². The van der Waals surface area contributed by atoms with E-state index in [1.165, 1.54) is 24.3 Å². The molecule has 2 N–H and O–H groups in total. The molecule has 0 amide bonds. The Balaban J connectivity index is 2.06. The van der Waals surface area contributed by atoms with Crippen LogP contribution in [0, 0.1) is 17.0 Å². The van der Waals surface area contributed by atoms with Crippen molar-refractivity contribution in [3.8, 4) is 22.4 Å². The molecule has 128 valence electrons. The average Bonchev–Trinajstić information content (AvgIpc) is 2.96. The van der Waals surface area contributed by atoms with Crippen molar-refractivity contribution < 1.29 is 17.9 Å². The molecule has 2 aromatic carbocycles. The number of nitro groups is 1. The zero-order chi connectivity index (χ0) is 18.2. The summed E-state index contributed by atoms with van der Waals surface area (Å²) in [5.41, 5.74) is 2.50. The summed E-state index contributed by atoms with van der Waals surface area (Å²) in [6, 6.07) is 11.9. The molecule has 0 fully saturated rings. The summed E-state index contributed by atoms with van der Waals surface area (Å²) in [4.78, 5) is 10.3. The highest BCUT2D eigenvalue weighted by molar-refractivity contribution is 7.89. The largest absolute Gasteiger partial charge is 0.360 e. The van der Waals surface area contributed by atoms with Gasteiger partial charge in [0.15, 0.2) is 0 Å². The van der Waals surface area contributed by atoms with Crippen LogP contribution in [-0.2, 0) is 10.0 Å². The van der Waals surface area contributed by atoms with E-state index in [4.69, 9.17) is 9.66 Å². The van der Waals surface area contributed by atoms with Gasteiger partial charge in [0, 0.05) is 17.7 Å². The van der Waals surface area contributed by atoms with Crippen molar-refractivity contribution in [1.29, 1.82) is 0 Å². The number of non-ortho nitro benzene ring substituents is 1. The Morgan fingerprint density at radius 2 is 1.60 bits per heavy atom. The van der Waals surface area contributed by atoms with Crippen molar-refractivity contribution in [2.24, 2.45) is 5.14 Å². The zero-order valence-electron chi connectivity index (χ0n) is 13.0. The SMILES string of the molecule is Cc1onc(-c2ccc([N+](=O)[O-])cc2)c1-c1ccc(S(N)(=O)=O)cc1. The minimum Gasteiger partial charge on any atom is -0.360 e. The van der Waals surface area contributed by atoms with Crippen molar-refractivity contribution in [3.63, 3.8) is 0 Å². The molecule has 0 aliphatic heterocycles. The molecule has 1 heterocycles. The molecule has 3 rings (SSSR count). The fraction of sp³-hybridized carbons (Fsp3) is 0.0625. The quantitative estimate of drug-likeness (QED) is 0.563. The van der Waals surface area contributed by atoms with Gasteiger partial charge in [-0.25, -0.2) is 13.6 Å². The second kappa shape index (κ2) is 6.11. The first-order valence-corrected chi connectivity index (χ1v) is 8.66. The Labute approximate surface area is 143 Å². The van der Waals surface area contributed by atoms with E-state index in [1.54, 1.807) is 31.2 Å². The van der Waals surface area contributed by atoms with Crippen LogP contribution in [0.1, 0.15) is 5.76 Å². The number of hydrogen-bond donors (Lipinski definition) is 1. The number of rotatable bonds is 4. The van der Waals surface area contributed by atoms with Crippen LogP contribution < -0.4 is 5.14 Å². The Morgan fingerprint density at radius 3 is 2.12 bits per heavy atom. The summed E-state index contributed by atoms with van der Waals surface area (Å²) in [6.07, 6.45) is 0. The molecule has 0 atom stereocenters. The molecule has 3 aromatic rings. The maximum absolute atomic E-state index is 11.4. The maximum atomic E-state index is 11.4. The fourth-order valence-electron chi connectivity index (χ4n) is 2.46. The van der Waals surface area contributed by atoms with Crippen LogP contribution in [0.15, 0.2) is 57.9 Å². The fourth-order valence-corrected chi connectivity index (χ4v) is 2.98. The van der Waals surface area contributed by atoms with Gasteiger partial charge in [-0.05, 0) is 36.8 Å². The molecule has 0 aliphatic carbocycles. The van der Waals surface area contributed by atoms with Crippen LogP contribution in [0.2, 0.25) is 0 Å². The third-order valence-corrected chi connectivity index (χ3v) is 4.62. The molecule has 0 unspecified atom stereocenters. The Hall–Kier alpha value is -3.04. The van der Waals surface area contributed by atoms with Gasteiger partial charge in [0.25, 0.3) is 5.69 Å². The minimum atomic E-state index is -3.78. The van der Waals surface area contributed by atoms with Gasteiger partial charge >= 0.3 is 0 Å². The first kappa shape index (κ1) is 16.8. The third kappa shape index (κ3) is 3.28. The Morgan fingerprint density at radius 1 is 1.04 bits per heavy atom. The van der Waals surface area contributed by atoms with Crippen molar-refractivity contribution in [1.82, 2.24) is 5.16 Å². The Bertz CT molecular complexity index is 1040. The molecule has 0 spiro atoms. The molecule has 0 aliphatic rings. The summed E-state index contributed by atoms with van der Waals surface area (Å²) in [6.45, 7) is 1.73. The van der Waals surface area contributed by atoms with E-state index in [2.05, 4.69) is 5.16 Å². The number of aromatic nitrogens is 1. The van der Waals surface area contributed by atoms with Crippen LogP contribution in [0.25, 0.3) is 22.4 Å². The van der Waals surface area contributed by atoms with Gasteiger partial charge in [0.05, 0.1) is 15.4 Å². The molecule has 0 saturated carbocycles. The maximum Gasteiger partial charge on any atom is 0.269 e. The molecule has 0 radical (unpaired) electrons. The van der Waals surface area contributed by atoms with E-state index in [-0.39, 0.29) is 10.6 Å². The van der Waals surface area contributed by atoms with E-state index < -0.39 is 14.9 Å². The lowest BCUT2D eigenvalue weighted by atomic mass is 9.99. The minimum absolute atomic E-state index is 0.00208. The van der Waals surface area contributed by atoms with Crippen LogP contribution in [0.4, 0.5) is 5.69 Å². The molecule has 0 saturated heterocycles. The van der Waals surface area contributed by atoms with E-state index in [9.17, 15) is 18.5 Å². The van der Waals surface area contributed by atoms with Gasteiger partial charge in [0.1, 0.15) is 11.5 Å². The van der Waals surface area contributed by atoms with Crippen molar-refractivity contribution in [2.45, 2.75) is 11.8 Å². The van der Waals surface area contributed by atoms with Gasteiger partial charge in [-0.2, -0.15) is 0 Å². The van der Waals surface area contributed by atoms with Gasteiger partial charge in [-0.1, -0.05) is 17.3 Å². The summed E-state index contributed by atoms with van der Waals surface area (Å²) in [7, 11) is -3.78. The van der Waals surface area contributed by atoms with Crippen LogP contribution in [0.3, 0.4) is 0 Å². The van der Waals surface area contributed by atoms with Crippen molar-refractivity contribution in [2.75, 3.05) is 0 Å². The zero-order valence-corrected chi connectivity index (χ0v) is 13.9. The van der Waals surface area contributed by atoms with Crippen LogP contribution in [0.5, 0.6) is 0 Å². The molecule has 1 aromatic heterocycles. The van der Waals surface area contributed by atoms with E-state index in [1.807, 2.05) is 0 Å². The number of nitrogens with two attached hydrogens (primary N) is 1. The standard InChI is InChI=1S/C16H13N3O5S/c1-10-15(11-4-8-14(9-5-11)25(17,22)23)16(18-24-10)12-2-6-13(7-3-12)19(20)21/h2-9H,1H3,(H2,17,22,23). The summed E-state index contributed by atoms with van der Waals surface area (Å²) in [5, 5.41) is 19.9. The predicted molar refractivity (Wildman–Crippen MR) is 90.1 cm³/mol. The number of primary sulfonamides is 1. The van der Waals surface area contributed by atoms with Gasteiger partial charge in [-0.3, -0.25) is 10.1 Å². The molecular weight excluding hydrogens is 346 g/mol. The molecule has 25 heavy (non-hydrogen) atoms. The molecule has 0 bridgehead atoms. The highest BCUT2D eigenvalue weighted by Crippen LogP contribution is 2.35. The molecule has 8 nitrogen and oxygen atoms in total. The van der Waals surface area contributed by atoms with Gasteiger partial charge in [0.2, 0.25) is 10.0 Å². The normalized spacial score (nSPS) is 11.4. The second-order valence-electron chi connectivity index (χ2n) is 5.34. The second-order valence-corrected chi connectivity index (χ2v) is 6.90. The van der Waals surface area contributed by atoms with E-state index in [0.29, 0.717) is 28.1 Å². The van der Waals surface area contributed by atoms with E-state index in [0.717, 1.165) is 0 Å². The number of sulfonamides is 1. The number of nitro benzene ring substituents is 1. The number of nitrogens with zero attached hydrogens (tertiary/aromatic N) is 2. The van der Waals surface area contributed by atoms with Gasteiger partial charge in [-0.15, -0.1) is 0 Å². The highest BCUT2D eigenvalue weighted by Gasteiger charge is 2.18. The number of benzene rings is 2. The lowest BCUT2D eigenvalue weighted by molar-refractivity contribution is -0.384. The molecular formula is C16H13N3O5S. The van der Waals surface area contributed by atoms with E-state index >= 15 is 0 Å². The predicted octanol–water partition coefficient (Wildman–Crippen LogP) is 2.87. The number of hydrogen-bond acceptors (Lipinski definition) is 6. The first-order chi connectivity index (χ1) is 11.8. The summed E-state index contributed by atoms with van der Waals surface area (Å²) in [5.74, 6) is 0.539. The molecule has 9 heteroatoms. The lowest BCUT2D eigenvalue weighted by Gasteiger charge is -2.05. The van der Waals surface area contributed by atoms with Crippen molar-refractivity contribution in [3.05, 3.63) is 64.4 Å². The first-order valence-electron chi connectivity index (χ1n) is 7.11. The van der Waals surface area contributed by atoms with Crippen LogP contribution in [-0.4, -0.2) is 18.5 Å². The monoisotopic (exact) mass is 359 g/mol. The summed E-state index contributed by atoms with van der Waals surface area (Å²) < 4.78 is 28.0. The topological polar surface area (TPSA) is 129 Å². The van der Waals surface area contributed by atoms with Crippen LogP contribution >= 0.6 is 0 Å².